The maximum atomic E-state index is 13.2. The first-order chi connectivity index (χ1) is 12.9. The van der Waals surface area contributed by atoms with Crippen molar-refractivity contribution in [1.29, 1.82) is 0 Å². The molecule has 1 aromatic heterocycles. The molecule has 0 bridgehead atoms. The Morgan fingerprint density at radius 1 is 1.07 bits per heavy atom. The van der Waals surface area contributed by atoms with Crippen molar-refractivity contribution in [1.82, 2.24) is 9.97 Å². The normalized spacial score (nSPS) is 12.0. The summed E-state index contributed by atoms with van der Waals surface area (Å²) in [5, 5.41) is 4.89. The van der Waals surface area contributed by atoms with E-state index in [1.807, 2.05) is 12.1 Å². The molecule has 0 saturated heterocycles. The molecule has 3 aromatic rings. The fraction of sp³-hybridized carbons (Fsp3) is 0.111. The van der Waals surface area contributed by atoms with Gasteiger partial charge in [0.05, 0.1) is 19.6 Å². The van der Waals surface area contributed by atoms with Crippen molar-refractivity contribution < 1.29 is 22.2 Å². The zero-order valence-corrected chi connectivity index (χ0v) is 15.3. The van der Waals surface area contributed by atoms with Crippen LogP contribution in [0.3, 0.4) is 0 Å². The number of hydrogen-bond donors (Lipinski definition) is 0. The van der Waals surface area contributed by atoms with Crippen LogP contribution in [0, 0.1) is 0 Å². The molecule has 9 heteroatoms. The lowest BCUT2D eigenvalue weighted by molar-refractivity contribution is 0.106. The standard InChI is InChI=1S/C18H15N3O5S/c1-25-16-8-7-14(12-5-3-4-6-13(12)16)18(22)17(21-26-27(2,23)24)15-11-19-9-10-20-15/h3-11H,1-2H3/b21-17+. The maximum absolute atomic E-state index is 13.2. The molecule has 0 spiro atoms. The minimum Gasteiger partial charge on any atom is -0.496 e. The molecule has 0 unspecified atom stereocenters. The molecule has 3 rings (SSSR count). The van der Waals surface area contributed by atoms with Crippen molar-refractivity contribution in [2.45, 2.75) is 0 Å². The number of nitrogens with zero attached hydrogens (tertiary/aromatic N) is 3. The number of ketones is 1. The Hall–Kier alpha value is -3.33. The maximum Gasteiger partial charge on any atom is 0.325 e. The number of carbonyl (C=O) groups is 1. The Kier molecular flexibility index (Phi) is 5.13. The summed E-state index contributed by atoms with van der Waals surface area (Å²) in [6.07, 6.45) is 4.92. The largest absolute Gasteiger partial charge is 0.496 e. The third-order valence-electron chi connectivity index (χ3n) is 3.63. The summed E-state index contributed by atoms with van der Waals surface area (Å²) in [6, 6.07) is 10.4. The highest BCUT2D eigenvalue weighted by Gasteiger charge is 2.22. The highest BCUT2D eigenvalue weighted by atomic mass is 32.2. The molecule has 2 aromatic carbocycles. The fourth-order valence-electron chi connectivity index (χ4n) is 2.51. The van der Waals surface area contributed by atoms with E-state index in [9.17, 15) is 13.2 Å². The molecule has 0 atom stereocenters. The van der Waals surface area contributed by atoms with Gasteiger partial charge in [0.25, 0.3) is 0 Å². The molecular weight excluding hydrogens is 370 g/mol. The molecule has 138 valence electrons. The first-order valence-corrected chi connectivity index (χ1v) is 9.56. The van der Waals surface area contributed by atoms with Crippen LogP contribution in [0.4, 0.5) is 0 Å². The summed E-state index contributed by atoms with van der Waals surface area (Å²) < 4.78 is 32.5. The molecule has 27 heavy (non-hydrogen) atoms. The molecule has 1 heterocycles. The number of carbonyl (C=O) groups excluding carboxylic acids is 1. The molecule has 0 aliphatic carbocycles. The van der Waals surface area contributed by atoms with Crippen LogP contribution in [0.2, 0.25) is 0 Å². The predicted molar refractivity (Wildman–Crippen MR) is 99.3 cm³/mol. The summed E-state index contributed by atoms with van der Waals surface area (Å²) >= 11 is 0. The van der Waals surface area contributed by atoms with Crippen LogP contribution in [-0.4, -0.2) is 43.2 Å². The first kappa shape index (κ1) is 18.5. The van der Waals surface area contributed by atoms with Crippen molar-refractivity contribution in [3.05, 3.63) is 66.2 Å². The van der Waals surface area contributed by atoms with Crippen molar-refractivity contribution in [2.75, 3.05) is 13.4 Å². The van der Waals surface area contributed by atoms with Gasteiger partial charge in [0.2, 0.25) is 5.78 Å². The summed E-state index contributed by atoms with van der Waals surface area (Å²) in [5.41, 5.74) is 0.114. The monoisotopic (exact) mass is 385 g/mol. The van der Waals surface area contributed by atoms with Crippen LogP contribution in [0.15, 0.2) is 60.1 Å². The summed E-state index contributed by atoms with van der Waals surface area (Å²) in [7, 11) is -2.37. The Bertz CT molecular complexity index is 1130. The van der Waals surface area contributed by atoms with Gasteiger partial charge in [-0.15, -0.1) is 0 Å². The lowest BCUT2D eigenvalue weighted by Gasteiger charge is -2.10. The summed E-state index contributed by atoms with van der Waals surface area (Å²) in [4.78, 5) is 21.1. The highest BCUT2D eigenvalue weighted by Crippen LogP contribution is 2.29. The zero-order chi connectivity index (χ0) is 19.4. The summed E-state index contributed by atoms with van der Waals surface area (Å²) in [5.74, 6) is 0.0468. The van der Waals surface area contributed by atoms with E-state index in [0.29, 0.717) is 16.7 Å². The second-order valence-electron chi connectivity index (χ2n) is 5.50. The summed E-state index contributed by atoms with van der Waals surface area (Å²) in [6.45, 7) is 0. The van der Waals surface area contributed by atoms with E-state index in [0.717, 1.165) is 11.6 Å². The molecule has 0 radical (unpaired) electrons. The smallest absolute Gasteiger partial charge is 0.325 e. The zero-order valence-electron chi connectivity index (χ0n) is 14.5. The minimum atomic E-state index is -3.90. The van der Waals surface area contributed by atoms with Crippen LogP contribution in [-0.2, 0) is 14.4 Å². The lowest BCUT2D eigenvalue weighted by Crippen LogP contribution is -2.19. The van der Waals surface area contributed by atoms with E-state index in [1.165, 1.54) is 25.7 Å². The van der Waals surface area contributed by atoms with Crippen LogP contribution in [0.5, 0.6) is 5.75 Å². The number of hydrogen-bond acceptors (Lipinski definition) is 8. The molecular formula is C18H15N3O5S. The van der Waals surface area contributed by atoms with Gasteiger partial charge in [-0.2, -0.15) is 8.42 Å². The second kappa shape index (κ2) is 7.50. The van der Waals surface area contributed by atoms with Crippen LogP contribution in [0.25, 0.3) is 10.8 Å². The van der Waals surface area contributed by atoms with Gasteiger partial charge < -0.3 is 4.74 Å². The van der Waals surface area contributed by atoms with E-state index < -0.39 is 15.9 Å². The van der Waals surface area contributed by atoms with Crippen molar-refractivity contribution >= 4 is 32.4 Å². The van der Waals surface area contributed by atoms with E-state index in [-0.39, 0.29) is 11.4 Å². The molecule has 0 aliphatic rings. The van der Waals surface area contributed by atoms with Crippen molar-refractivity contribution in [2.24, 2.45) is 5.16 Å². The second-order valence-corrected chi connectivity index (χ2v) is 7.06. The van der Waals surface area contributed by atoms with E-state index in [1.54, 1.807) is 24.3 Å². The van der Waals surface area contributed by atoms with Crippen molar-refractivity contribution in [3.8, 4) is 5.75 Å². The van der Waals surface area contributed by atoms with Gasteiger partial charge in [-0.05, 0) is 17.5 Å². The number of oxime groups is 1. The SMILES string of the molecule is COc1ccc(C(=O)/C(=N/OS(C)(=O)=O)c2cnccn2)c2ccccc12. The number of fused-ring (bicyclic) bond motifs is 1. The average molecular weight is 385 g/mol. The first-order valence-electron chi connectivity index (χ1n) is 7.74. The molecule has 0 saturated carbocycles. The Morgan fingerprint density at radius 3 is 2.44 bits per heavy atom. The average Bonchev–Trinajstić information content (AvgIpc) is 2.67. The highest BCUT2D eigenvalue weighted by molar-refractivity contribution is 7.85. The van der Waals surface area contributed by atoms with E-state index in [4.69, 9.17) is 4.74 Å². The molecule has 0 aliphatic heterocycles. The van der Waals surface area contributed by atoms with Crippen LogP contribution < -0.4 is 4.74 Å². The predicted octanol–water partition coefficient (Wildman–Crippen LogP) is 2.20. The van der Waals surface area contributed by atoms with Gasteiger partial charge in [-0.3, -0.25) is 19.0 Å². The van der Waals surface area contributed by atoms with Gasteiger partial charge >= 0.3 is 10.1 Å². The Labute approximate surface area is 155 Å². The molecule has 0 amide bonds. The number of rotatable bonds is 6. The topological polar surface area (TPSA) is 108 Å². The van der Waals surface area contributed by atoms with Gasteiger partial charge in [-0.1, -0.05) is 29.4 Å². The number of Topliss-reactive ketones (excluding diaryl/α,β-unsaturated/α-hetero) is 1. The lowest BCUT2D eigenvalue weighted by atomic mass is 9.97. The number of aromatic nitrogens is 2. The van der Waals surface area contributed by atoms with Gasteiger partial charge in [0.15, 0.2) is 5.71 Å². The minimum absolute atomic E-state index is 0.0889. The Morgan fingerprint density at radius 2 is 1.81 bits per heavy atom. The quantitative estimate of drug-likeness (QED) is 0.364. The number of ether oxygens (including phenoxy) is 1. The van der Waals surface area contributed by atoms with Gasteiger partial charge in [-0.25, -0.2) is 0 Å². The van der Waals surface area contributed by atoms with E-state index >= 15 is 0 Å². The fourth-order valence-corrected chi connectivity index (χ4v) is 2.72. The van der Waals surface area contributed by atoms with Crippen LogP contribution >= 0.6 is 0 Å². The Balaban J connectivity index is 2.17. The van der Waals surface area contributed by atoms with Gasteiger partial charge in [0, 0.05) is 23.3 Å². The third-order valence-corrected chi connectivity index (χ3v) is 3.98. The van der Waals surface area contributed by atoms with Gasteiger partial charge in [0.1, 0.15) is 11.4 Å². The van der Waals surface area contributed by atoms with E-state index in [2.05, 4.69) is 19.4 Å². The number of methoxy groups -OCH3 is 1. The molecule has 8 nitrogen and oxygen atoms in total. The molecule has 0 fully saturated rings. The van der Waals surface area contributed by atoms with Crippen molar-refractivity contribution in [3.63, 3.8) is 0 Å². The third kappa shape index (κ3) is 4.09. The molecule has 0 N–H and O–H groups in total. The number of benzene rings is 2. The van der Waals surface area contributed by atoms with Crippen LogP contribution in [0.1, 0.15) is 16.1 Å².